The van der Waals surface area contributed by atoms with Gasteiger partial charge in [-0.25, -0.2) is 20.2 Å². The molecule has 14 heteroatoms. The van der Waals surface area contributed by atoms with Gasteiger partial charge in [-0.15, -0.1) is 0 Å². The van der Waals surface area contributed by atoms with Gasteiger partial charge in [0.05, 0.1) is 28.8 Å². The van der Waals surface area contributed by atoms with Crippen molar-refractivity contribution in [2.75, 3.05) is 38.1 Å². The Bertz CT molecular complexity index is 1570. The van der Waals surface area contributed by atoms with Crippen LogP contribution >= 0.6 is 0 Å². The van der Waals surface area contributed by atoms with Gasteiger partial charge in [0.15, 0.2) is 0 Å². The normalized spacial score (nSPS) is 14.7. The Hall–Kier alpha value is -3.91. The number of hydrogen-bond donors (Lipinski definition) is 2. The summed E-state index contributed by atoms with van der Waals surface area (Å²) in [4.78, 5) is 24.9. The molecular weight excluding hydrogens is 638 g/mol. The third-order valence-electron chi connectivity index (χ3n) is 8.80. The lowest BCUT2D eigenvalue weighted by molar-refractivity contribution is -0.718. The summed E-state index contributed by atoms with van der Waals surface area (Å²) in [6.45, 7) is 8.11. The Balaban J connectivity index is 1.87. The second kappa shape index (κ2) is 15.5. The quantitative estimate of drug-likeness (QED) is 0.0720. The molecule has 48 heavy (non-hydrogen) atoms. The molecule has 1 aromatic heterocycles. The van der Waals surface area contributed by atoms with E-state index in [0.717, 1.165) is 37.8 Å². The van der Waals surface area contributed by atoms with E-state index in [9.17, 15) is 36.2 Å². The van der Waals surface area contributed by atoms with E-state index in [-0.39, 0.29) is 30.3 Å². The highest BCUT2D eigenvalue weighted by Crippen LogP contribution is 2.37. The molecule has 1 fully saturated rings. The third kappa shape index (κ3) is 9.16. The summed E-state index contributed by atoms with van der Waals surface area (Å²) in [6, 6.07) is 8.11. The fourth-order valence-corrected chi connectivity index (χ4v) is 6.20. The highest BCUT2D eigenvalue weighted by atomic mass is 19.4. The van der Waals surface area contributed by atoms with Crippen molar-refractivity contribution < 1.29 is 41.7 Å². The number of aliphatic imine (C=N–C) groups is 1. The van der Waals surface area contributed by atoms with Crippen LogP contribution in [0.5, 0.6) is 0 Å². The molecule has 0 amide bonds. The second-order valence-corrected chi connectivity index (χ2v) is 12.1. The molecule has 0 radical (unpaired) electrons. The van der Waals surface area contributed by atoms with Crippen LogP contribution in [0.1, 0.15) is 79.1 Å². The SMILES string of the molecule is CCN(CC)[NH2+]C(=NC)N(Cc1cc(C(F)(F)F)cc(C(F)(F)F)c1)Cc1cc2ccc(C(=O)O)cc2nc1N(CC)CC1CCCC1. The number of nitrogens with zero attached hydrogens (tertiary/aromatic N) is 5. The van der Waals surface area contributed by atoms with Gasteiger partial charge in [-0.1, -0.05) is 18.9 Å². The first-order chi connectivity index (χ1) is 22.7. The van der Waals surface area contributed by atoms with Crippen molar-refractivity contribution in [2.24, 2.45) is 10.9 Å². The van der Waals surface area contributed by atoms with Crippen LogP contribution in [0.3, 0.4) is 0 Å². The van der Waals surface area contributed by atoms with Crippen LogP contribution in [-0.2, 0) is 25.4 Å². The highest BCUT2D eigenvalue weighted by molar-refractivity contribution is 5.93. The minimum atomic E-state index is -4.98. The van der Waals surface area contributed by atoms with Gasteiger partial charge in [0, 0.05) is 50.7 Å². The molecule has 0 aliphatic heterocycles. The number of anilines is 1. The van der Waals surface area contributed by atoms with Crippen LogP contribution in [0.25, 0.3) is 10.9 Å². The van der Waals surface area contributed by atoms with Gasteiger partial charge in [-0.05, 0) is 81.5 Å². The molecule has 0 spiro atoms. The largest absolute Gasteiger partial charge is 0.478 e. The average Bonchev–Trinajstić information content (AvgIpc) is 3.56. The number of rotatable bonds is 12. The first-order valence-corrected chi connectivity index (χ1v) is 16.2. The number of aromatic nitrogens is 1. The Morgan fingerprint density at radius 2 is 1.54 bits per heavy atom. The van der Waals surface area contributed by atoms with Gasteiger partial charge >= 0.3 is 24.3 Å². The fraction of sp³-hybridized carbons (Fsp3) is 0.500. The van der Waals surface area contributed by atoms with E-state index < -0.39 is 29.4 Å². The number of nitrogens with two attached hydrogens (primary N) is 1. The van der Waals surface area contributed by atoms with Crippen LogP contribution in [-0.4, -0.2) is 65.2 Å². The van der Waals surface area contributed by atoms with E-state index in [4.69, 9.17) is 4.98 Å². The Labute approximate surface area is 276 Å². The molecule has 3 aromatic rings. The maximum absolute atomic E-state index is 13.8. The van der Waals surface area contributed by atoms with Crippen molar-refractivity contribution >= 4 is 28.6 Å². The van der Waals surface area contributed by atoms with Gasteiger partial charge in [0.2, 0.25) is 0 Å². The van der Waals surface area contributed by atoms with Crippen molar-refractivity contribution in [3.8, 4) is 0 Å². The molecule has 1 aliphatic carbocycles. The van der Waals surface area contributed by atoms with Gasteiger partial charge < -0.3 is 14.9 Å². The maximum atomic E-state index is 13.8. The van der Waals surface area contributed by atoms with Crippen LogP contribution in [0.4, 0.5) is 32.2 Å². The number of fused-ring (bicyclic) bond motifs is 1. The lowest BCUT2D eigenvalue weighted by Gasteiger charge is -2.31. The summed E-state index contributed by atoms with van der Waals surface area (Å²) in [6.07, 6.45) is -5.58. The molecule has 3 N–H and O–H groups in total. The first kappa shape index (κ1) is 36.9. The highest BCUT2D eigenvalue weighted by Gasteiger charge is 2.37. The number of benzene rings is 2. The number of halogens is 6. The molecular formula is C34H43F6N6O2+. The monoisotopic (exact) mass is 681 g/mol. The van der Waals surface area contributed by atoms with E-state index >= 15 is 0 Å². The Kier molecular flexibility index (Phi) is 12.0. The number of hydrogen-bond acceptors (Lipinski definition) is 5. The molecule has 1 heterocycles. The summed E-state index contributed by atoms with van der Waals surface area (Å²) in [5.41, 5.74) is 0.0394. The lowest BCUT2D eigenvalue weighted by Crippen LogP contribution is -2.99. The smallest absolute Gasteiger partial charge is 0.416 e. The molecule has 2 aromatic carbocycles. The number of pyridine rings is 1. The van der Waals surface area contributed by atoms with E-state index in [2.05, 4.69) is 9.89 Å². The van der Waals surface area contributed by atoms with Crippen molar-refractivity contribution in [3.63, 3.8) is 0 Å². The predicted molar refractivity (Wildman–Crippen MR) is 172 cm³/mol. The van der Waals surface area contributed by atoms with Gasteiger partial charge in [0.1, 0.15) is 5.82 Å². The predicted octanol–water partition coefficient (Wildman–Crippen LogP) is 6.80. The Morgan fingerprint density at radius 1 is 0.917 bits per heavy atom. The fourth-order valence-electron chi connectivity index (χ4n) is 6.20. The molecule has 4 rings (SSSR count). The number of aromatic carboxylic acids is 1. The average molecular weight is 682 g/mol. The molecule has 0 saturated heterocycles. The van der Waals surface area contributed by atoms with Crippen LogP contribution in [0, 0.1) is 5.92 Å². The van der Waals surface area contributed by atoms with Crippen molar-refractivity contribution in [1.29, 1.82) is 0 Å². The number of carboxylic acids is 1. The van der Waals surface area contributed by atoms with Crippen molar-refractivity contribution in [2.45, 2.75) is 71.9 Å². The molecule has 0 atom stereocenters. The summed E-state index contributed by atoms with van der Waals surface area (Å²) in [7, 11) is 1.53. The summed E-state index contributed by atoms with van der Waals surface area (Å²) in [5, 5.41) is 12.2. The lowest BCUT2D eigenvalue weighted by atomic mass is 10.0. The van der Waals surface area contributed by atoms with Crippen LogP contribution in [0.15, 0.2) is 47.5 Å². The van der Waals surface area contributed by atoms with Crippen LogP contribution < -0.4 is 10.3 Å². The van der Waals surface area contributed by atoms with Crippen LogP contribution in [0.2, 0.25) is 0 Å². The van der Waals surface area contributed by atoms with E-state index in [1.807, 2.05) is 31.8 Å². The number of quaternary nitrogens is 1. The number of guanidine groups is 1. The summed E-state index contributed by atoms with van der Waals surface area (Å²) < 4.78 is 82.9. The van der Waals surface area contributed by atoms with E-state index in [1.165, 1.54) is 19.2 Å². The van der Waals surface area contributed by atoms with E-state index in [1.54, 1.807) is 16.4 Å². The zero-order chi connectivity index (χ0) is 35.2. The number of alkyl halides is 6. The molecule has 1 aliphatic rings. The molecule has 0 unspecified atom stereocenters. The van der Waals surface area contributed by atoms with E-state index in [0.29, 0.717) is 60.3 Å². The zero-order valence-electron chi connectivity index (χ0n) is 27.6. The molecule has 1 saturated carbocycles. The minimum Gasteiger partial charge on any atom is -0.478 e. The maximum Gasteiger partial charge on any atom is 0.416 e. The number of carbonyl (C=O) groups is 1. The Morgan fingerprint density at radius 3 is 2.06 bits per heavy atom. The van der Waals surface area contributed by atoms with Crippen molar-refractivity contribution in [3.05, 3.63) is 70.3 Å². The molecule has 0 bridgehead atoms. The molecule has 262 valence electrons. The van der Waals surface area contributed by atoms with Gasteiger partial charge in [0.25, 0.3) is 0 Å². The van der Waals surface area contributed by atoms with Crippen molar-refractivity contribution in [1.82, 2.24) is 14.9 Å². The molecule has 8 nitrogen and oxygen atoms in total. The minimum absolute atomic E-state index is 0.0577. The van der Waals surface area contributed by atoms with Gasteiger partial charge in [-0.2, -0.15) is 31.4 Å². The second-order valence-electron chi connectivity index (χ2n) is 12.1. The topological polar surface area (TPSA) is 88.9 Å². The third-order valence-corrected chi connectivity index (χ3v) is 8.80. The number of carboxylic acid groups (broad SMARTS) is 1. The summed E-state index contributed by atoms with van der Waals surface area (Å²) in [5.74, 6) is 0.300. The first-order valence-electron chi connectivity index (χ1n) is 16.2. The zero-order valence-corrected chi connectivity index (χ0v) is 27.6. The van der Waals surface area contributed by atoms with Gasteiger partial charge in [-0.3, -0.25) is 0 Å². The summed E-state index contributed by atoms with van der Waals surface area (Å²) >= 11 is 0. The standard InChI is InChI=1S/C34H42F6N6O2/c1-5-44(19-22-10-8-9-11-22)30-26(16-24-12-13-25(31(47)48)17-29(24)42-30)21-45(32(41-4)43-46(6-2)7-3)20-23-14-27(33(35,36)37)18-28(15-23)34(38,39)40/h12-18,22H,5-11,19-21H2,1-4H3,(H,41,43)(H,47,48)/p+1.